The summed E-state index contributed by atoms with van der Waals surface area (Å²) in [5.74, 6) is 5.96. The molecule has 3 aliphatic carbocycles. The second-order valence-electron chi connectivity index (χ2n) is 7.53. The largest absolute Gasteiger partial charge is 0.0625 e. The third-order valence-corrected chi connectivity index (χ3v) is 6.42. The molecule has 19 heavy (non-hydrogen) atoms. The molecule has 0 heteroatoms. The third-order valence-electron chi connectivity index (χ3n) is 6.42. The van der Waals surface area contributed by atoms with Crippen LogP contribution in [0.15, 0.2) is 30.3 Å². The summed E-state index contributed by atoms with van der Waals surface area (Å²) >= 11 is 0. The standard InChI is InChI=1S/C19H26/c1-13-10-16-12-15-8-5-9-17(15)19(18(16)11-13)14-6-3-2-4-7-14/h2-4,6-7,13,15-19H,5,8-12H2,1H3/t13?,15-,16?,17?,18?,19?/m0/s1. The lowest BCUT2D eigenvalue weighted by molar-refractivity contribution is 0.122. The fraction of sp³-hybridized carbons (Fsp3) is 0.684. The van der Waals surface area contributed by atoms with E-state index in [4.69, 9.17) is 0 Å². The Morgan fingerprint density at radius 3 is 2.53 bits per heavy atom. The summed E-state index contributed by atoms with van der Waals surface area (Å²) in [7, 11) is 0. The maximum Gasteiger partial charge on any atom is -0.00999 e. The second-order valence-corrected chi connectivity index (χ2v) is 7.53. The second kappa shape index (κ2) is 4.65. The summed E-state index contributed by atoms with van der Waals surface area (Å²) < 4.78 is 0. The van der Waals surface area contributed by atoms with Crippen molar-refractivity contribution in [2.75, 3.05) is 0 Å². The molecular formula is C19H26. The number of hydrogen-bond donors (Lipinski definition) is 0. The average Bonchev–Trinajstić information content (AvgIpc) is 3.01. The molecule has 6 atom stereocenters. The molecule has 0 nitrogen and oxygen atoms in total. The van der Waals surface area contributed by atoms with Gasteiger partial charge < -0.3 is 0 Å². The molecule has 0 radical (unpaired) electrons. The third kappa shape index (κ3) is 1.95. The van der Waals surface area contributed by atoms with Gasteiger partial charge in [0.15, 0.2) is 0 Å². The number of hydrogen-bond acceptors (Lipinski definition) is 0. The lowest BCUT2D eigenvalue weighted by Gasteiger charge is -2.43. The van der Waals surface area contributed by atoms with Crippen molar-refractivity contribution in [1.82, 2.24) is 0 Å². The summed E-state index contributed by atoms with van der Waals surface area (Å²) in [4.78, 5) is 0. The molecule has 0 aromatic heterocycles. The average molecular weight is 254 g/mol. The van der Waals surface area contributed by atoms with Crippen molar-refractivity contribution in [1.29, 1.82) is 0 Å². The minimum atomic E-state index is 0.886. The number of rotatable bonds is 1. The van der Waals surface area contributed by atoms with E-state index in [9.17, 15) is 0 Å². The van der Waals surface area contributed by atoms with E-state index >= 15 is 0 Å². The molecule has 3 aliphatic rings. The topological polar surface area (TPSA) is 0 Å². The van der Waals surface area contributed by atoms with Crippen molar-refractivity contribution in [2.24, 2.45) is 29.6 Å². The van der Waals surface area contributed by atoms with Crippen LogP contribution in [-0.4, -0.2) is 0 Å². The summed E-state index contributed by atoms with van der Waals surface area (Å²) in [6.45, 7) is 2.48. The molecule has 5 unspecified atom stereocenters. The predicted octanol–water partition coefficient (Wildman–Crippen LogP) is 5.25. The van der Waals surface area contributed by atoms with Gasteiger partial charge in [0.05, 0.1) is 0 Å². The minimum absolute atomic E-state index is 0.886. The van der Waals surface area contributed by atoms with E-state index in [0.717, 1.165) is 35.5 Å². The molecule has 0 saturated heterocycles. The number of fused-ring (bicyclic) bond motifs is 2. The van der Waals surface area contributed by atoms with E-state index in [-0.39, 0.29) is 0 Å². The first-order chi connectivity index (χ1) is 9.33. The van der Waals surface area contributed by atoms with Crippen LogP contribution in [0.1, 0.15) is 56.9 Å². The Morgan fingerprint density at radius 1 is 0.842 bits per heavy atom. The van der Waals surface area contributed by atoms with Crippen LogP contribution in [0, 0.1) is 29.6 Å². The zero-order valence-corrected chi connectivity index (χ0v) is 12.1. The first-order valence-corrected chi connectivity index (χ1v) is 8.38. The van der Waals surface area contributed by atoms with Gasteiger partial charge in [-0.05, 0) is 66.8 Å². The fourth-order valence-corrected chi connectivity index (χ4v) is 5.86. The van der Waals surface area contributed by atoms with Crippen molar-refractivity contribution in [3.05, 3.63) is 35.9 Å². The molecule has 0 aliphatic heterocycles. The van der Waals surface area contributed by atoms with Gasteiger partial charge in [0.25, 0.3) is 0 Å². The predicted molar refractivity (Wildman–Crippen MR) is 80.0 cm³/mol. The highest BCUT2D eigenvalue weighted by molar-refractivity contribution is 5.24. The van der Waals surface area contributed by atoms with Crippen LogP contribution in [0.3, 0.4) is 0 Å². The molecule has 102 valence electrons. The lowest BCUT2D eigenvalue weighted by atomic mass is 9.62. The van der Waals surface area contributed by atoms with Crippen molar-refractivity contribution >= 4 is 0 Å². The Morgan fingerprint density at radius 2 is 1.68 bits per heavy atom. The zero-order chi connectivity index (χ0) is 12.8. The molecule has 1 aromatic rings. The molecular weight excluding hydrogens is 228 g/mol. The maximum atomic E-state index is 2.48. The van der Waals surface area contributed by atoms with Gasteiger partial charge in [-0.3, -0.25) is 0 Å². The van der Waals surface area contributed by atoms with Gasteiger partial charge in [0.1, 0.15) is 0 Å². The first-order valence-electron chi connectivity index (χ1n) is 8.38. The van der Waals surface area contributed by atoms with Gasteiger partial charge in [-0.15, -0.1) is 0 Å². The normalized spacial score (nSPS) is 44.9. The van der Waals surface area contributed by atoms with Crippen molar-refractivity contribution < 1.29 is 0 Å². The Bertz CT molecular complexity index is 435. The van der Waals surface area contributed by atoms with E-state index in [0.29, 0.717) is 0 Å². The SMILES string of the molecule is CC1CC2C[C@@H]3CCCC3C(c3ccccc3)C2C1. The molecule has 1 aromatic carbocycles. The summed E-state index contributed by atoms with van der Waals surface area (Å²) in [6, 6.07) is 11.5. The molecule has 0 heterocycles. The van der Waals surface area contributed by atoms with Gasteiger partial charge in [-0.1, -0.05) is 50.1 Å². The monoisotopic (exact) mass is 254 g/mol. The minimum Gasteiger partial charge on any atom is -0.0625 e. The molecule has 3 saturated carbocycles. The van der Waals surface area contributed by atoms with Crippen LogP contribution in [0.5, 0.6) is 0 Å². The van der Waals surface area contributed by atoms with Gasteiger partial charge in [0.2, 0.25) is 0 Å². The van der Waals surface area contributed by atoms with Gasteiger partial charge in [-0.25, -0.2) is 0 Å². The van der Waals surface area contributed by atoms with Crippen LogP contribution in [0.2, 0.25) is 0 Å². The van der Waals surface area contributed by atoms with Crippen LogP contribution in [0.4, 0.5) is 0 Å². The van der Waals surface area contributed by atoms with Crippen LogP contribution < -0.4 is 0 Å². The summed E-state index contributed by atoms with van der Waals surface area (Å²) in [5.41, 5.74) is 1.66. The Labute approximate surface area is 117 Å². The van der Waals surface area contributed by atoms with Crippen molar-refractivity contribution in [3.63, 3.8) is 0 Å². The first kappa shape index (κ1) is 12.0. The van der Waals surface area contributed by atoms with Crippen molar-refractivity contribution in [2.45, 2.75) is 51.4 Å². The zero-order valence-electron chi connectivity index (χ0n) is 12.1. The Balaban J connectivity index is 1.71. The highest BCUT2D eigenvalue weighted by Crippen LogP contribution is 2.59. The summed E-state index contributed by atoms with van der Waals surface area (Å²) in [6.07, 6.45) is 9.08. The molecule has 0 N–H and O–H groups in total. The van der Waals surface area contributed by atoms with E-state index in [2.05, 4.69) is 37.3 Å². The Hall–Kier alpha value is -0.780. The molecule has 0 amide bonds. The van der Waals surface area contributed by atoms with Gasteiger partial charge in [0, 0.05) is 0 Å². The maximum absolute atomic E-state index is 2.48. The van der Waals surface area contributed by atoms with E-state index < -0.39 is 0 Å². The number of benzene rings is 1. The smallest absolute Gasteiger partial charge is 0.00999 e. The van der Waals surface area contributed by atoms with Crippen LogP contribution in [-0.2, 0) is 0 Å². The van der Waals surface area contributed by atoms with E-state index in [1.165, 1.54) is 32.1 Å². The van der Waals surface area contributed by atoms with Crippen molar-refractivity contribution in [3.8, 4) is 0 Å². The molecule has 3 fully saturated rings. The van der Waals surface area contributed by atoms with E-state index in [1.54, 1.807) is 12.0 Å². The van der Waals surface area contributed by atoms with E-state index in [1.807, 2.05) is 0 Å². The van der Waals surface area contributed by atoms with Gasteiger partial charge >= 0.3 is 0 Å². The quantitative estimate of drug-likeness (QED) is 0.642. The molecule has 0 bridgehead atoms. The van der Waals surface area contributed by atoms with Gasteiger partial charge in [-0.2, -0.15) is 0 Å². The summed E-state index contributed by atoms with van der Waals surface area (Å²) in [5, 5.41) is 0. The highest BCUT2D eigenvalue weighted by Gasteiger charge is 2.49. The Kier molecular flexibility index (Phi) is 2.94. The van der Waals surface area contributed by atoms with Crippen LogP contribution in [0.25, 0.3) is 0 Å². The fourth-order valence-electron chi connectivity index (χ4n) is 5.86. The van der Waals surface area contributed by atoms with Crippen LogP contribution >= 0.6 is 0 Å². The highest BCUT2D eigenvalue weighted by atomic mass is 14.5. The lowest BCUT2D eigenvalue weighted by Crippen LogP contribution is -2.33. The molecule has 0 spiro atoms. The molecule has 4 rings (SSSR count).